The summed E-state index contributed by atoms with van der Waals surface area (Å²) in [5.41, 5.74) is 1.99. The van der Waals surface area contributed by atoms with Crippen molar-refractivity contribution in [2.24, 2.45) is 23.2 Å². The van der Waals surface area contributed by atoms with Crippen LogP contribution in [-0.4, -0.2) is 37.0 Å². The molecule has 2 aliphatic rings. The van der Waals surface area contributed by atoms with Crippen molar-refractivity contribution < 1.29 is 9.53 Å². The Morgan fingerprint density at radius 3 is 2.47 bits per heavy atom. The van der Waals surface area contributed by atoms with Gasteiger partial charge in [-0.1, -0.05) is 81.5 Å². The third kappa shape index (κ3) is 5.55. The number of benzene rings is 2. The fourth-order valence-corrected chi connectivity index (χ4v) is 6.05. The summed E-state index contributed by atoms with van der Waals surface area (Å²) in [6.07, 6.45) is 7.70. The Labute approximate surface area is 205 Å². The topological polar surface area (TPSA) is 41.6 Å². The Balaban J connectivity index is 1.33. The lowest BCUT2D eigenvalue weighted by Crippen LogP contribution is -2.48. The van der Waals surface area contributed by atoms with Crippen LogP contribution in [0.4, 0.5) is 0 Å². The summed E-state index contributed by atoms with van der Waals surface area (Å²) in [5.74, 6) is 2.80. The molecule has 1 amide bonds. The van der Waals surface area contributed by atoms with Crippen molar-refractivity contribution in [1.29, 1.82) is 0 Å². The first-order chi connectivity index (χ1) is 16.4. The maximum Gasteiger partial charge on any atom is 0.226 e. The molecule has 0 radical (unpaired) electrons. The van der Waals surface area contributed by atoms with Gasteiger partial charge in [0.1, 0.15) is 5.75 Å². The minimum absolute atomic E-state index is 0.169. The number of hydrogen-bond donors (Lipinski definition) is 1. The average Bonchev–Trinajstić information content (AvgIpc) is 3.26. The lowest BCUT2D eigenvalue weighted by atomic mass is 9.78. The number of hydrogen-bond acceptors (Lipinski definition) is 3. The van der Waals surface area contributed by atoms with Crippen LogP contribution in [0.5, 0.6) is 5.75 Å². The van der Waals surface area contributed by atoms with Gasteiger partial charge >= 0.3 is 0 Å². The molecule has 4 heteroatoms. The quantitative estimate of drug-likeness (QED) is 0.569. The Kier molecular flexibility index (Phi) is 7.77. The van der Waals surface area contributed by atoms with Crippen molar-refractivity contribution in [3.8, 4) is 5.75 Å². The highest BCUT2D eigenvalue weighted by Crippen LogP contribution is 2.43. The number of para-hydroxylation sites is 1. The van der Waals surface area contributed by atoms with Crippen molar-refractivity contribution in [1.82, 2.24) is 10.2 Å². The van der Waals surface area contributed by atoms with Gasteiger partial charge in [0.15, 0.2) is 0 Å². The number of piperidine rings is 1. The number of ether oxygens (including phenoxy) is 1. The minimum Gasteiger partial charge on any atom is -0.496 e. The number of carbonyl (C=O) groups excluding carboxylic acids is 1. The minimum atomic E-state index is -0.302. The fourth-order valence-electron chi connectivity index (χ4n) is 6.05. The lowest BCUT2D eigenvalue weighted by molar-refractivity contribution is -0.130. The van der Waals surface area contributed by atoms with E-state index in [4.69, 9.17) is 4.74 Å². The normalized spacial score (nSPS) is 29.9. The maximum atomic E-state index is 13.2. The third-order valence-corrected chi connectivity index (χ3v) is 8.08. The molecule has 2 aromatic rings. The highest BCUT2D eigenvalue weighted by Gasteiger charge is 2.44. The predicted octanol–water partition coefficient (Wildman–Crippen LogP) is 5.79. The average molecular weight is 461 g/mol. The van der Waals surface area contributed by atoms with Gasteiger partial charge in [-0.3, -0.25) is 9.69 Å². The number of allylic oxidation sites excluding steroid dienone is 1. The molecule has 1 saturated heterocycles. The van der Waals surface area contributed by atoms with Crippen LogP contribution in [0.3, 0.4) is 0 Å². The van der Waals surface area contributed by atoms with Gasteiger partial charge in [-0.25, -0.2) is 0 Å². The number of methoxy groups -OCH3 is 1. The molecule has 4 nitrogen and oxygen atoms in total. The van der Waals surface area contributed by atoms with E-state index in [1.54, 1.807) is 7.11 Å². The summed E-state index contributed by atoms with van der Waals surface area (Å²) in [5, 5.41) is 3.19. The molecule has 34 heavy (non-hydrogen) atoms. The molecule has 4 rings (SSSR count). The maximum absolute atomic E-state index is 13.2. The molecular formula is C30H40N2O2. The number of likely N-dealkylation sites (tertiary alicyclic amines) is 1. The zero-order chi connectivity index (χ0) is 24.1. The lowest BCUT2D eigenvalue weighted by Gasteiger charge is -2.43. The van der Waals surface area contributed by atoms with Crippen molar-refractivity contribution in [3.05, 3.63) is 71.8 Å². The molecule has 1 saturated carbocycles. The Bertz CT molecular complexity index is 976. The van der Waals surface area contributed by atoms with Gasteiger partial charge in [-0.05, 0) is 48.6 Å². The van der Waals surface area contributed by atoms with Crippen LogP contribution in [-0.2, 0) is 11.3 Å². The number of carbonyl (C=O) groups is 1. The molecule has 1 aliphatic carbocycles. The van der Waals surface area contributed by atoms with Gasteiger partial charge in [0, 0.05) is 36.7 Å². The zero-order valence-corrected chi connectivity index (χ0v) is 21.2. The van der Waals surface area contributed by atoms with Crippen LogP contribution in [0.1, 0.15) is 51.2 Å². The van der Waals surface area contributed by atoms with E-state index in [0.29, 0.717) is 30.3 Å². The summed E-state index contributed by atoms with van der Waals surface area (Å²) in [6, 6.07) is 19.0. The van der Waals surface area contributed by atoms with Crippen molar-refractivity contribution in [2.75, 3.05) is 20.2 Å². The van der Waals surface area contributed by atoms with Gasteiger partial charge in [-0.15, -0.1) is 0 Å². The van der Waals surface area contributed by atoms with Crippen molar-refractivity contribution in [3.63, 3.8) is 0 Å². The molecule has 4 unspecified atom stereocenters. The first-order valence-electron chi connectivity index (χ1n) is 12.8. The zero-order valence-electron chi connectivity index (χ0n) is 21.2. The van der Waals surface area contributed by atoms with E-state index >= 15 is 0 Å². The number of nitrogens with one attached hydrogen (secondary N) is 1. The van der Waals surface area contributed by atoms with E-state index in [-0.39, 0.29) is 11.3 Å². The SMILES string of the molecule is COc1ccccc1CNC(=O)C1(C)CCC(N2CC(C)C(/C=C\c3ccccc3)[C@@H](C)C2)C1. The first kappa shape index (κ1) is 24.5. The molecule has 0 spiro atoms. The summed E-state index contributed by atoms with van der Waals surface area (Å²) < 4.78 is 5.43. The molecule has 1 heterocycles. The van der Waals surface area contributed by atoms with Gasteiger partial charge in [-0.2, -0.15) is 0 Å². The van der Waals surface area contributed by atoms with Crippen molar-refractivity contribution in [2.45, 2.75) is 52.6 Å². The second kappa shape index (κ2) is 10.8. The van der Waals surface area contributed by atoms with Gasteiger partial charge in [0.2, 0.25) is 5.91 Å². The Morgan fingerprint density at radius 1 is 1.09 bits per heavy atom. The standard InChI is InChI=1S/C30H40N2O2/c1-22-20-32(21-23(2)27(22)15-14-24-10-6-5-7-11-24)26-16-17-30(3,18-26)29(33)31-19-25-12-8-9-13-28(25)34-4/h5-15,22-23,26-27H,16-21H2,1-4H3,(H,31,33)/b15-14-/t22-,23?,26?,27?,30?/m0/s1. The second-order valence-electron chi connectivity index (χ2n) is 10.7. The molecule has 0 bridgehead atoms. The molecule has 2 aromatic carbocycles. The van der Waals surface area contributed by atoms with Crippen LogP contribution in [0.25, 0.3) is 6.08 Å². The Hall–Kier alpha value is -2.59. The van der Waals surface area contributed by atoms with E-state index in [9.17, 15) is 4.79 Å². The molecule has 5 atom stereocenters. The summed E-state index contributed by atoms with van der Waals surface area (Å²) >= 11 is 0. The molecular weight excluding hydrogens is 420 g/mol. The number of nitrogens with zero attached hydrogens (tertiary/aromatic N) is 1. The van der Waals surface area contributed by atoms with Crippen LogP contribution in [0.15, 0.2) is 60.7 Å². The van der Waals surface area contributed by atoms with Crippen LogP contribution >= 0.6 is 0 Å². The van der Waals surface area contributed by atoms with Crippen LogP contribution in [0.2, 0.25) is 0 Å². The third-order valence-electron chi connectivity index (χ3n) is 8.08. The molecule has 182 valence electrons. The molecule has 1 N–H and O–H groups in total. The summed E-state index contributed by atoms with van der Waals surface area (Å²) in [6.45, 7) is 9.64. The Morgan fingerprint density at radius 2 is 1.76 bits per heavy atom. The predicted molar refractivity (Wildman–Crippen MR) is 139 cm³/mol. The molecule has 0 aromatic heterocycles. The van der Waals surface area contributed by atoms with E-state index < -0.39 is 0 Å². The fraction of sp³-hybridized carbons (Fsp3) is 0.500. The number of rotatable bonds is 7. The van der Waals surface area contributed by atoms with E-state index in [2.05, 4.69) is 73.5 Å². The first-order valence-corrected chi connectivity index (χ1v) is 12.8. The highest BCUT2D eigenvalue weighted by molar-refractivity contribution is 5.82. The van der Waals surface area contributed by atoms with Crippen LogP contribution in [0, 0.1) is 23.2 Å². The van der Waals surface area contributed by atoms with Gasteiger partial charge < -0.3 is 10.1 Å². The monoisotopic (exact) mass is 460 g/mol. The molecule has 2 fully saturated rings. The van der Waals surface area contributed by atoms with E-state index in [1.165, 1.54) is 5.56 Å². The summed E-state index contributed by atoms with van der Waals surface area (Å²) in [4.78, 5) is 15.9. The van der Waals surface area contributed by atoms with Gasteiger partial charge in [0.05, 0.1) is 7.11 Å². The summed E-state index contributed by atoms with van der Waals surface area (Å²) in [7, 11) is 1.67. The number of amides is 1. The highest BCUT2D eigenvalue weighted by atomic mass is 16.5. The second-order valence-corrected chi connectivity index (χ2v) is 10.7. The van der Waals surface area contributed by atoms with E-state index in [1.807, 2.05) is 24.3 Å². The smallest absolute Gasteiger partial charge is 0.226 e. The van der Waals surface area contributed by atoms with Crippen molar-refractivity contribution >= 4 is 12.0 Å². The largest absolute Gasteiger partial charge is 0.496 e. The van der Waals surface area contributed by atoms with Crippen LogP contribution < -0.4 is 10.1 Å². The van der Waals surface area contributed by atoms with E-state index in [0.717, 1.165) is 43.7 Å². The molecule has 1 aliphatic heterocycles. The van der Waals surface area contributed by atoms with Gasteiger partial charge in [0.25, 0.3) is 0 Å².